The summed E-state index contributed by atoms with van der Waals surface area (Å²) in [4.78, 5) is 23.9. The Morgan fingerprint density at radius 3 is 2.48 bits per heavy atom. The summed E-state index contributed by atoms with van der Waals surface area (Å²) in [5.41, 5.74) is -0.152. The van der Waals surface area contributed by atoms with Crippen LogP contribution in [0.4, 0.5) is 11.4 Å². The van der Waals surface area contributed by atoms with Crippen molar-refractivity contribution in [3.63, 3.8) is 0 Å². The van der Waals surface area contributed by atoms with Crippen molar-refractivity contribution in [1.29, 1.82) is 0 Å². The van der Waals surface area contributed by atoms with Gasteiger partial charge in [-0.3, -0.25) is 14.9 Å². The van der Waals surface area contributed by atoms with Crippen LogP contribution in [0.3, 0.4) is 0 Å². The van der Waals surface area contributed by atoms with Crippen molar-refractivity contribution < 1.29 is 19.9 Å². The molecule has 0 radical (unpaired) electrons. The number of rotatable bonds is 3. The minimum Gasteiger partial charge on any atom is -0.388 e. The molecule has 1 aromatic carbocycles. The number of anilines is 1. The number of carbonyl (C=O) groups is 1. The standard InChI is InChI=1S/C12H14ClN3O5/c1-14-11-7(13)2-6(3-8(11)16(20)21)12(19)15-4-9(17)10(18)5-15/h2-3,9-10,14,17-18H,4-5H2,1H3. The van der Waals surface area contributed by atoms with E-state index >= 15 is 0 Å². The second-order valence-corrected chi connectivity index (χ2v) is 5.11. The van der Waals surface area contributed by atoms with E-state index in [2.05, 4.69) is 5.32 Å². The molecule has 1 aliphatic rings. The maximum absolute atomic E-state index is 12.3. The van der Waals surface area contributed by atoms with E-state index in [1.165, 1.54) is 18.0 Å². The minimum atomic E-state index is -1.02. The molecular formula is C12H14ClN3O5. The Labute approximate surface area is 125 Å². The van der Waals surface area contributed by atoms with Crippen molar-refractivity contribution in [2.24, 2.45) is 0 Å². The molecule has 114 valence electrons. The summed E-state index contributed by atoms with van der Waals surface area (Å²) < 4.78 is 0. The Morgan fingerprint density at radius 1 is 1.43 bits per heavy atom. The summed E-state index contributed by atoms with van der Waals surface area (Å²) in [6.45, 7) is -0.0572. The molecule has 9 heteroatoms. The van der Waals surface area contributed by atoms with E-state index in [0.717, 1.165) is 6.07 Å². The van der Waals surface area contributed by atoms with Crippen molar-refractivity contribution in [2.45, 2.75) is 12.2 Å². The van der Waals surface area contributed by atoms with Crippen LogP contribution in [0, 0.1) is 10.1 Å². The predicted molar refractivity (Wildman–Crippen MR) is 75.6 cm³/mol. The molecule has 1 aliphatic heterocycles. The lowest BCUT2D eigenvalue weighted by Crippen LogP contribution is -2.29. The first-order chi connectivity index (χ1) is 9.85. The highest BCUT2D eigenvalue weighted by Gasteiger charge is 2.34. The highest BCUT2D eigenvalue weighted by atomic mass is 35.5. The van der Waals surface area contributed by atoms with Crippen molar-refractivity contribution in [1.82, 2.24) is 4.90 Å². The molecule has 1 heterocycles. The first kappa shape index (κ1) is 15.5. The van der Waals surface area contributed by atoms with Gasteiger partial charge in [0.2, 0.25) is 0 Å². The van der Waals surface area contributed by atoms with E-state index in [1.807, 2.05) is 0 Å². The third-order valence-electron chi connectivity index (χ3n) is 3.31. The molecule has 0 saturated carbocycles. The zero-order valence-electron chi connectivity index (χ0n) is 11.1. The van der Waals surface area contributed by atoms with Gasteiger partial charge in [-0.15, -0.1) is 0 Å². The van der Waals surface area contributed by atoms with Gasteiger partial charge in [0.15, 0.2) is 0 Å². The number of nitro groups is 1. The fourth-order valence-electron chi connectivity index (χ4n) is 2.23. The number of hydrogen-bond acceptors (Lipinski definition) is 6. The van der Waals surface area contributed by atoms with Crippen LogP contribution in [-0.4, -0.2) is 58.3 Å². The average Bonchev–Trinajstić information content (AvgIpc) is 2.76. The molecule has 2 rings (SSSR count). The Hall–Kier alpha value is -1.90. The quantitative estimate of drug-likeness (QED) is 0.551. The van der Waals surface area contributed by atoms with E-state index in [9.17, 15) is 25.1 Å². The molecule has 0 spiro atoms. The van der Waals surface area contributed by atoms with Gasteiger partial charge >= 0.3 is 0 Å². The number of halogens is 1. The van der Waals surface area contributed by atoms with Crippen LogP contribution in [0.5, 0.6) is 0 Å². The zero-order valence-corrected chi connectivity index (χ0v) is 11.9. The maximum Gasteiger partial charge on any atom is 0.294 e. The Bertz CT molecular complexity index is 585. The van der Waals surface area contributed by atoms with Crippen LogP contribution in [0.2, 0.25) is 5.02 Å². The molecule has 21 heavy (non-hydrogen) atoms. The number of aliphatic hydroxyl groups is 2. The summed E-state index contributed by atoms with van der Waals surface area (Å²) in [5.74, 6) is -0.529. The van der Waals surface area contributed by atoms with Crippen LogP contribution in [0.25, 0.3) is 0 Å². The van der Waals surface area contributed by atoms with E-state index in [1.54, 1.807) is 0 Å². The third-order valence-corrected chi connectivity index (χ3v) is 3.61. The predicted octanol–water partition coefficient (Wildman–Crippen LogP) is 0.467. The van der Waals surface area contributed by atoms with Gasteiger partial charge in [-0.05, 0) is 6.07 Å². The lowest BCUT2D eigenvalue weighted by Gasteiger charge is -2.16. The fourth-order valence-corrected chi connectivity index (χ4v) is 2.53. The number of hydrogen-bond donors (Lipinski definition) is 3. The Morgan fingerprint density at radius 2 is 2.00 bits per heavy atom. The number of likely N-dealkylation sites (tertiary alicyclic amines) is 1. The summed E-state index contributed by atoms with van der Waals surface area (Å²) in [6, 6.07) is 2.44. The number of nitro benzene ring substituents is 1. The third kappa shape index (κ3) is 2.92. The fraction of sp³-hybridized carbons (Fsp3) is 0.417. The zero-order chi connectivity index (χ0) is 15.7. The van der Waals surface area contributed by atoms with Gasteiger partial charge in [-0.25, -0.2) is 0 Å². The second kappa shape index (κ2) is 5.84. The molecule has 2 atom stereocenters. The van der Waals surface area contributed by atoms with Crippen LogP contribution < -0.4 is 5.32 Å². The van der Waals surface area contributed by atoms with Crippen LogP contribution in [0.15, 0.2) is 12.1 Å². The molecule has 2 unspecified atom stereocenters. The van der Waals surface area contributed by atoms with Crippen molar-refractivity contribution in [2.75, 3.05) is 25.5 Å². The minimum absolute atomic E-state index is 0.0286. The van der Waals surface area contributed by atoms with Gasteiger partial charge in [0.25, 0.3) is 11.6 Å². The SMILES string of the molecule is CNc1c(Cl)cc(C(=O)N2CC(O)C(O)C2)cc1[N+](=O)[O-]. The van der Waals surface area contributed by atoms with Gasteiger partial charge < -0.3 is 20.4 Å². The van der Waals surface area contributed by atoms with Crippen LogP contribution in [-0.2, 0) is 0 Å². The normalized spacial score (nSPS) is 21.4. The number of amides is 1. The molecule has 3 N–H and O–H groups in total. The van der Waals surface area contributed by atoms with Gasteiger partial charge in [-0.2, -0.15) is 0 Å². The number of aliphatic hydroxyl groups excluding tert-OH is 2. The van der Waals surface area contributed by atoms with E-state index in [4.69, 9.17) is 11.6 Å². The summed E-state index contributed by atoms with van der Waals surface area (Å²) in [6.07, 6.45) is -2.04. The highest BCUT2D eigenvalue weighted by Crippen LogP contribution is 2.34. The molecule has 0 aliphatic carbocycles. The molecule has 1 saturated heterocycles. The summed E-state index contributed by atoms with van der Waals surface area (Å²) >= 11 is 5.95. The molecule has 8 nitrogen and oxygen atoms in total. The number of carbonyl (C=O) groups excluding carboxylic acids is 1. The van der Waals surface area contributed by atoms with E-state index in [-0.39, 0.29) is 35.1 Å². The smallest absolute Gasteiger partial charge is 0.294 e. The van der Waals surface area contributed by atoms with E-state index in [0.29, 0.717) is 0 Å². The summed E-state index contributed by atoms with van der Waals surface area (Å²) in [7, 11) is 1.49. The van der Waals surface area contributed by atoms with Crippen molar-refractivity contribution in [3.05, 3.63) is 32.8 Å². The molecule has 1 aromatic rings. The second-order valence-electron chi connectivity index (χ2n) is 4.70. The first-order valence-corrected chi connectivity index (χ1v) is 6.54. The van der Waals surface area contributed by atoms with E-state index < -0.39 is 23.0 Å². The Kier molecular flexibility index (Phi) is 4.31. The monoisotopic (exact) mass is 315 g/mol. The van der Waals surface area contributed by atoms with Gasteiger partial charge in [0.05, 0.1) is 22.2 Å². The molecule has 1 amide bonds. The number of β-amino-alcohol motifs (C(OH)–C–C–N with tert-alkyl or cyclic N) is 2. The van der Waals surface area contributed by atoms with Gasteiger partial charge in [0.1, 0.15) is 5.69 Å². The van der Waals surface area contributed by atoms with Crippen LogP contribution in [0.1, 0.15) is 10.4 Å². The number of nitrogens with zero attached hydrogens (tertiary/aromatic N) is 2. The van der Waals surface area contributed by atoms with Gasteiger partial charge in [0, 0.05) is 31.8 Å². The van der Waals surface area contributed by atoms with Crippen LogP contribution >= 0.6 is 11.6 Å². The van der Waals surface area contributed by atoms with Crippen molar-refractivity contribution in [3.8, 4) is 0 Å². The molecule has 0 aromatic heterocycles. The molecule has 1 fully saturated rings. The molecule has 0 bridgehead atoms. The number of nitrogens with one attached hydrogen (secondary N) is 1. The lowest BCUT2D eigenvalue weighted by molar-refractivity contribution is -0.384. The maximum atomic E-state index is 12.3. The lowest BCUT2D eigenvalue weighted by atomic mass is 10.1. The largest absolute Gasteiger partial charge is 0.388 e. The topological polar surface area (TPSA) is 116 Å². The number of benzene rings is 1. The molecular weight excluding hydrogens is 302 g/mol. The summed E-state index contributed by atoms with van der Waals surface area (Å²) in [5, 5.41) is 32.6. The van der Waals surface area contributed by atoms with Crippen molar-refractivity contribution >= 4 is 28.9 Å². The first-order valence-electron chi connectivity index (χ1n) is 6.16. The Balaban J connectivity index is 2.36. The van der Waals surface area contributed by atoms with Gasteiger partial charge in [-0.1, -0.05) is 11.6 Å². The average molecular weight is 316 g/mol. The highest BCUT2D eigenvalue weighted by molar-refractivity contribution is 6.34.